The highest BCUT2D eigenvalue weighted by molar-refractivity contribution is 5.67. The molecule has 0 N–H and O–H groups in total. The number of nitrogens with zero attached hydrogens (tertiary/aromatic N) is 1. The van der Waals surface area contributed by atoms with E-state index in [2.05, 4.69) is 67.3 Å². The summed E-state index contributed by atoms with van der Waals surface area (Å²) in [7, 11) is 0. The molecule has 1 fully saturated rings. The minimum absolute atomic E-state index is 0.596. The number of rotatable bonds is 4. The van der Waals surface area contributed by atoms with Crippen LogP contribution >= 0.6 is 0 Å². The van der Waals surface area contributed by atoms with E-state index in [0.717, 1.165) is 6.54 Å². The topological polar surface area (TPSA) is 3.24 Å². The van der Waals surface area contributed by atoms with Crippen LogP contribution in [0.15, 0.2) is 48.5 Å². The van der Waals surface area contributed by atoms with Gasteiger partial charge in [0.2, 0.25) is 0 Å². The van der Waals surface area contributed by atoms with Crippen LogP contribution in [0.2, 0.25) is 0 Å². The van der Waals surface area contributed by atoms with E-state index < -0.39 is 0 Å². The van der Waals surface area contributed by atoms with Crippen molar-refractivity contribution in [1.82, 2.24) is 4.90 Å². The van der Waals surface area contributed by atoms with Crippen LogP contribution in [-0.2, 0) is 6.54 Å². The number of hydrogen-bond donors (Lipinski definition) is 0. The minimum atomic E-state index is 0.596. The molecule has 0 atom stereocenters. The maximum Gasteiger partial charge on any atom is 0.0239 e. The summed E-state index contributed by atoms with van der Waals surface area (Å²) in [4.78, 5) is 2.57. The molecule has 0 radical (unpaired) electrons. The quantitative estimate of drug-likeness (QED) is 0.755. The van der Waals surface area contributed by atoms with Gasteiger partial charge in [0.25, 0.3) is 0 Å². The van der Waals surface area contributed by atoms with Gasteiger partial charge in [0.15, 0.2) is 0 Å². The van der Waals surface area contributed by atoms with Crippen molar-refractivity contribution in [3.8, 4) is 11.1 Å². The Kier molecular flexibility index (Phi) is 4.40. The van der Waals surface area contributed by atoms with E-state index in [1.54, 1.807) is 0 Å². The second-order valence-corrected chi connectivity index (χ2v) is 6.42. The molecule has 0 bridgehead atoms. The average molecular weight is 279 g/mol. The lowest BCUT2D eigenvalue weighted by molar-refractivity contribution is 0.332. The van der Waals surface area contributed by atoms with Crippen molar-refractivity contribution in [2.75, 3.05) is 13.1 Å². The molecule has 0 unspecified atom stereocenters. The molecular formula is C20H25N. The molecule has 1 nitrogen and oxygen atoms in total. The fourth-order valence-corrected chi connectivity index (χ4v) is 3.17. The Morgan fingerprint density at radius 2 is 1.57 bits per heavy atom. The molecule has 0 saturated carbocycles. The molecule has 1 heteroatoms. The van der Waals surface area contributed by atoms with E-state index in [1.165, 1.54) is 48.2 Å². The highest BCUT2D eigenvalue weighted by Crippen LogP contribution is 2.27. The Hall–Kier alpha value is -1.60. The third kappa shape index (κ3) is 3.36. The predicted molar refractivity (Wildman–Crippen MR) is 90.5 cm³/mol. The van der Waals surface area contributed by atoms with E-state index in [0.29, 0.717) is 5.92 Å². The number of hydrogen-bond acceptors (Lipinski definition) is 1. The molecular weight excluding hydrogens is 254 g/mol. The van der Waals surface area contributed by atoms with Gasteiger partial charge < -0.3 is 0 Å². The standard InChI is InChI=1S/C20H25N/c1-16(2)17-9-11-18(12-10-17)20-8-4-3-7-19(20)15-21-13-5-6-14-21/h3-4,7-12,16H,5-6,13-15H2,1-2H3. The molecule has 0 aliphatic carbocycles. The van der Waals surface area contributed by atoms with Crippen LogP contribution in [0, 0.1) is 0 Å². The second-order valence-electron chi connectivity index (χ2n) is 6.42. The normalized spacial score (nSPS) is 15.8. The summed E-state index contributed by atoms with van der Waals surface area (Å²) in [5.74, 6) is 0.596. The summed E-state index contributed by atoms with van der Waals surface area (Å²) >= 11 is 0. The zero-order valence-electron chi connectivity index (χ0n) is 13.2. The lowest BCUT2D eigenvalue weighted by Gasteiger charge is -2.18. The first kappa shape index (κ1) is 14.3. The maximum absolute atomic E-state index is 2.57. The van der Waals surface area contributed by atoms with Gasteiger partial charge in [-0.25, -0.2) is 0 Å². The summed E-state index contributed by atoms with van der Waals surface area (Å²) in [6.07, 6.45) is 2.70. The lowest BCUT2D eigenvalue weighted by Crippen LogP contribution is -2.18. The van der Waals surface area contributed by atoms with Crippen LogP contribution in [-0.4, -0.2) is 18.0 Å². The Labute approximate surface area is 128 Å². The molecule has 0 spiro atoms. The SMILES string of the molecule is CC(C)c1ccc(-c2ccccc2CN2CCCC2)cc1. The summed E-state index contributed by atoms with van der Waals surface area (Å²) < 4.78 is 0. The second kappa shape index (κ2) is 6.44. The van der Waals surface area contributed by atoms with E-state index in [1.807, 2.05) is 0 Å². The van der Waals surface area contributed by atoms with Gasteiger partial charge in [-0.2, -0.15) is 0 Å². The van der Waals surface area contributed by atoms with E-state index in [9.17, 15) is 0 Å². The van der Waals surface area contributed by atoms with Crippen molar-refractivity contribution in [3.05, 3.63) is 59.7 Å². The van der Waals surface area contributed by atoms with Crippen LogP contribution < -0.4 is 0 Å². The monoisotopic (exact) mass is 279 g/mol. The molecule has 0 aromatic heterocycles. The number of benzene rings is 2. The van der Waals surface area contributed by atoms with E-state index in [4.69, 9.17) is 0 Å². The van der Waals surface area contributed by atoms with Crippen LogP contribution in [0.3, 0.4) is 0 Å². The highest BCUT2D eigenvalue weighted by atomic mass is 15.1. The Morgan fingerprint density at radius 3 is 2.24 bits per heavy atom. The Bertz CT molecular complexity index is 577. The molecule has 1 aliphatic rings. The minimum Gasteiger partial charge on any atom is -0.299 e. The Morgan fingerprint density at radius 1 is 0.905 bits per heavy atom. The first-order valence-corrected chi connectivity index (χ1v) is 8.14. The van der Waals surface area contributed by atoms with E-state index in [-0.39, 0.29) is 0 Å². The van der Waals surface area contributed by atoms with Crippen LogP contribution in [0.5, 0.6) is 0 Å². The summed E-state index contributed by atoms with van der Waals surface area (Å²) in [5.41, 5.74) is 5.60. The van der Waals surface area contributed by atoms with Crippen molar-refractivity contribution < 1.29 is 0 Å². The molecule has 1 aliphatic heterocycles. The van der Waals surface area contributed by atoms with Crippen molar-refractivity contribution >= 4 is 0 Å². The predicted octanol–water partition coefficient (Wildman–Crippen LogP) is 5.07. The van der Waals surface area contributed by atoms with Crippen LogP contribution in [0.25, 0.3) is 11.1 Å². The summed E-state index contributed by atoms with van der Waals surface area (Å²) in [6.45, 7) is 8.08. The van der Waals surface area contributed by atoms with Crippen molar-refractivity contribution in [3.63, 3.8) is 0 Å². The molecule has 2 aromatic rings. The van der Waals surface area contributed by atoms with Gasteiger partial charge in [0, 0.05) is 6.54 Å². The number of likely N-dealkylation sites (tertiary alicyclic amines) is 1. The highest BCUT2D eigenvalue weighted by Gasteiger charge is 2.14. The average Bonchev–Trinajstić information content (AvgIpc) is 3.01. The molecule has 3 rings (SSSR count). The Balaban J connectivity index is 1.86. The fraction of sp³-hybridized carbons (Fsp3) is 0.400. The van der Waals surface area contributed by atoms with Gasteiger partial charge in [0.05, 0.1) is 0 Å². The van der Waals surface area contributed by atoms with Crippen LogP contribution in [0.1, 0.15) is 43.7 Å². The molecule has 1 heterocycles. The van der Waals surface area contributed by atoms with Gasteiger partial charge >= 0.3 is 0 Å². The van der Waals surface area contributed by atoms with Crippen LogP contribution in [0.4, 0.5) is 0 Å². The summed E-state index contributed by atoms with van der Waals surface area (Å²) in [6, 6.07) is 18.0. The lowest BCUT2D eigenvalue weighted by atomic mass is 9.96. The maximum atomic E-state index is 2.57. The van der Waals surface area contributed by atoms with Gasteiger partial charge in [-0.15, -0.1) is 0 Å². The van der Waals surface area contributed by atoms with Crippen molar-refractivity contribution in [1.29, 1.82) is 0 Å². The molecule has 2 aromatic carbocycles. The van der Waals surface area contributed by atoms with Gasteiger partial charge in [0.1, 0.15) is 0 Å². The van der Waals surface area contributed by atoms with Gasteiger partial charge in [-0.3, -0.25) is 4.90 Å². The largest absolute Gasteiger partial charge is 0.299 e. The zero-order valence-corrected chi connectivity index (χ0v) is 13.2. The first-order chi connectivity index (χ1) is 10.2. The first-order valence-electron chi connectivity index (χ1n) is 8.14. The molecule has 1 saturated heterocycles. The molecule has 21 heavy (non-hydrogen) atoms. The van der Waals surface area contributed by atoms with Gasteiger partial charge in [-0.05, 0) is 54.1 Å². The molecule has 110 valence electrons. The van der Waals surface area contributed by atoms with E-state index >= 15 is 0 Å². The molecule has 0 amide bonds. The third-order valence-electron chi connectivity index (χ3n) is 4.50. The fourth-order valence-electron chi connectivity index (χ4n) is 3.17. The smallest absolute Gasteiger partial charge is 0.0239 e. The van der Waals surface area contributed by atoms with Crippen molar-refractivity contribution in [2.45, 2.75) is 39.2 Å². The van der Waals surface area contributed by atoms with Crippen molar-refractivity contribution in [2.24, 2.45) is 0 Å². The zero-order chi connectivity index (χ0) is 14.7. The van der Waals surface area contributed by atoms with Gasteiger partial charge in [-0.1, -0.05) is 62.4 Å². The third-order valence-corrected chi connectivity index (χ3v) is 4.50. The summed E-state index contributed by atoms with van der Waals surface area (Å²) in [5, 5.41) is 0.